The molecular weight excluding hydrogens is 231 g/mol. The van der Waals surface area contributed by atoms with Crippen LogP contribution >= 0.6 is 0 Å². The van der Waals surface area contributed by atoms with Gasteiger partial charge >= 0.3 is 12.1 Å². The van der Waals surface area contributed by atoms with Gasteiger partial charge in [-0.05, 0) is 12.8 Å². The van der Waals surface area contributed by atoms with E-state index in [2.05, 4.69) is 0 Å². The van der Waals surface area contributed by atoms with E-state index in [9.17, 15) is 13.2 Å². The molecule has 0 aromatic heterocycles. The zero-order valence-corrected chi connectivity index (χ0v) is 8.67. The van der Waals surface area contributed by atoms with Crippen LogP contribution in [0, 0.1) is 11.3 Å². The molecule has 0 bridgehead atoms. The highest BCUT2D eigenvalue weighted by Gasteiger charge is 2.38. The van der Waals surface area contributed by atoms with E-state index in [4.69, 9.17) is 19.9 Å². The maximum Gasteiger partial charge on any atom is 0.490 e. The summed E-state index contributed by atoms with van der Waals surface area (Å²) in [4.78, 5) is 8.90. The van der Waals surface area contributed by atoms with E-state index in [1.54, 1.807) is 6.07 Å². The molecule has 0 atom stereocenters. The molecule has 0 spiro atoms. The normalized spacial score (nSPS) is 12.9. The molecule has 0 aliphatic carbocycles. The third-order valence-electron chi connectivity index (χ3n) is 1.07. The van der Waals surface area contributed by atoms with Crippen LogP contribution in [0.2, 0.25) is 0 Å². The van der Waals surface area contributed by atoms with Gasteiger partial charge in [0.25, 0.3) is 0 Å². The summed E-state index contributed by atoms with van der Waals surface area (Å²) in [7, 11) is 0. The lowest BCUT2D eigenvalue weighted by Gasteiger charge is -1.93. The summed E-state index contributed by atoms with van der Waals surface area (Å²) in [6.45, 7) is 3.43. The molecule has 5 nitrogen and oxygen atoms in total. The van der Waals surface area contributed by atoms with E-state index in [0.717, 1.165) is 13.2 Å². The maximum atomic E-state index is 10.6. The average Bonchev–Trinajstić information content (AvgIpc) is 2.59. The lowest BCUT2D eigenvalue weighted by atomic mass is 10.4. The van der Waals surface area contributed by atoms with Gasteiger partial charge in [0.05, 0.1) is 6.07 Å². The quantitative estimate of drug-likeness (QED) is 0.691. The Hall–Kier alpha value is -1.33. The van der Waals surface area contributed by atoms with Crippen molar-refractivity contribution in [3.8, 4) is 6.07 Å². The number of carboxylic acid groups (broad SMARTS) is 1. The van der Waals surface area contributed by atoms with Gasteiger partial charge in [0, 0.05) is 20.1 Å². The number of hydrogen-bond acceptors (Lipinski definition) is 3. The van der Waals surface area contributed by atoms with Crippen molar-refractivity contribution in [1.29, 1.82) is 5.26 Å². The Labute approximate surface area is 90.7 Å². The number of carboxylic acids is 1. The van der Waals surface area contributed by atoms with Gasteiger partial charge in [0.15, 0.2) is 0 Å². The van der Waals surface area contributed by atoms with E-state index in [0.29, 0.717) is 0 Å². The van der Waals surface area contributed by atoms with Crippen LogP contribution in [0.3, 0.4) is 0 Å². The van der Waals surface area contributed by atoms with Crippen molar-refractivity contribution >= 4 is 5.97 Å². The van der Waals surface area contributed by atoms with Crippen LogP contribution in [-0.4, -0.2) is 35.9 Å². The van der Waals surface area contributed by atoms with Crippen molar-refractivity contribution in [2.45, 2.75) is 25.9 Å². The minimum absolute atomic E-state index is 0. The Balaban J connectivity index is -0.000000166. The maximum absolute atomic E-state index is 10.6. The zero-order chi connectivity index (χ0) is 12.3. The van der Waals surface area contributed by atoms with Gasteiger partial charge in [-0.2, -0.15) is 18.4 Å². The van der Waals surface area contributed by atoms with Crippen molar-refractivity contribution in [3.63, 3.8) is 0 Å². The number of hydrogen-bond donors (Lipinski definition) is 1. The van der Waals surface area contributed by atoms with Gasteiger partial charge < -0.3 is 15.3 Å². The van der Waals surface area contributed by atoms with Gasteiger partial charge in [0.2, 0.25) is 0 Å². The van der Waals surface area contributed by atoms with Crippen LogP contribution in [0.15, 0.2) is 0 Å². The molecule has 16 heavy (non-hydrogen) atoms. The molecule has 0 aromatic carbocycles. The second kappa shape index (κ2) is 11.7. The molecule has 0 unspecified atom stereocenters. The number of nitriles is 1. The second-order valence-corrected chi connectivity index (χ2v) is 2.35. The first-order valence-electron chi connectivity index (χ1n) is 4.05. The Bertz CT molecular complexity index is 201. The summed E-state index contributed by atoms with van der Waals surface area (Å²) in [5.41, 5.74) is 0. The molecule has 1 saturated heterocycles. The van der Waals surface area contributed by atoms with Crippen LogP contribution in [-0.2, 0) is 9.53 Å². The summed E-state index contributed by atoms with van der Waals surface area (Å²) in [6.07, 6.45) is -2.53. The molecule has 96 valence electrons. The van der Waals surface area contributed by atoms with E-state index < -0.39 is 12.1 Å². The zero-order valence-electron chi connectivity index (χ0n) is 8.67. The number of nitrogens with zero attached hydrogens (tertiary/aromatic N) is 1. The van der Waals surface area contributed by atoms with Gasteiger partial charge in [-0.25, -0.2) is 4.79 Å². The van der Waals surface area contributed by atoms with Crippen molar-refractivity contribution in [2.24, 2.45) is 0 Å². The number of carbonyl (C=O) groups is 1. The van der Waals surface area contributed by atoms with Crippen molar-refractivity contribution < 1.29 is 33.3 Å². The van der Waals surface area contributed by atoms with E-state index in [1.165, 1.54) is 19.8 Å². The summed E-state index contributed by atoms with van der Waals surface area (Å²) < 4.78 is 36.7. The minimum atomic E-state index is -5.08. The van der Waals surface area contributed by atoms with Crippen LogP contribution in [0.1, 0.15) is 19.8 Å². The SMILES string of the molecule is C1CCOC1.CC#N.O.O=C(O)C(F)(F)F. The van der Waals surface area contributed by atoms with E-state index in [1.807, 2.05) is 0 Å². The highest BCUT2D eigenvalue weighted by atomic mass is 19.4. The Morgan fingerprint density at radius 1 is 1.38 bits per heavy atom. The standard InChI is InChI=1S/C4H8O.C2HF3O2.C2H3N.H2O/c1-2-4-5-3-1;3-2(4,5)1(6)7;1-2-3;/h1-4H2;(H,6,7);1H3;1H2. The largest absolute Gasteiger partial charge is 0.490 e. The summed E-state index contributed by atoms with van der Waals surface area (Å²) in [6, 6.07) is 1.75. The first kappa shape index (κ1) is 20.1. The molecule has 1 rings (SSSR count). The minimum Gasteiger partial charge on any atom is -0.475 e. The Morgan fingerprint density at radius 2 is 1.62 bits per heavy atom. The molecule has 1 aliphatic heterocycles. The third-order valence-corrected chi connectivity index (χ3v) is 1.07. The van der Waals surface area contributed by atoms with Crippen molar-refractivity contribution in [2.75, 3.05) is 13.2 Å². The number of ether oxygens (including phenoxy) is 1. The molecule has 0 aromatic rings. The van der Waals surface area contributed by atoms with Gasteiger partial charge in [-0.15, -0.1) is 0 Å². The van der Waals surface area contributed by atoms with Gasteiger partial charge in [-0.3, -0.25) is 0 Å². The number of halogens is 3. The molecule has 3 N–H and O–H groups in total. The average molecular weight is 245 g/mol. The first-order chi connectivity index (χ1) is 6.86. The highest BCUT2D eigenvalue weighted by Crippen LogP contribution is 2.13. The van der Waals surface area contributed by atoms with E-state index in [-0.39, 0.29) is 5.48 Å². The molecule has 1 heterocycles. The Morgan fingerprint density at radius 3 is 1.69 bits per heavy atom. The van der Waals surface area contributed by atoms with E-state index >= 15 is 0 Å². The summed E-state index contributed by atoms with van der Waals surface area (Å²) >= 11 is 0. The monoisotopic (exact) mass is 245 g/mol. The number of aliphatic carboxylic acids is 1. The molecule has 8 heteroatoms. The number of alkyl halides is 3. The molecule has 0 amide bonds. The van der Waals surface area contributed by atoms with Crippen LogP contribution in [0.5, 0.6) is 0 Å². The molecule has 0 saturated carbocycles. The number of rotatable bonds is 0. The van der Waals surface area contributed by atoms with Gasteiger partial charge in [0.1, 0.15) is 0 Å². The van der Waals surface area contributed by atoms with Crippen LogP contribution < -0.4 is 0 Å². The van der Waals surface area contributed by atoms with Crippen LogP contribution in [0.25, 0.3) is 0 Å². The molecule has 1 aliphatic rings. The Kier molecular flexibility index (Phi) is 14.8. The molecule has 1 fully saturated rings. The molecule has 0 radical (unpaired) electrons. The first-order valence-corrected chi connectivity index (χ1v) is 4.05. The highest BCUT2D eigenvalue weighted by molar-refractivity contribution is 5.73. The fourth-order valence-corrected chi connectivity index (χ4v) is 0.510. The second-order valence-electron chi connectivity index (χ2n) is 2.35. The molecular formula is C8H14F3NO4. The smallest absolute Gasteiger partial charge is 0.475 e. The van der Waals surface area contributed by atoms with Crippen molar-refractivity contribution in [3.05, 3.63) is 0 Å². The topological polar surface area (TPSA) is 102 Å². The summed E-state index contributed by atoms with van der Waals surface area (Å²) in [5, 5.41) is 14.4. The van der Waals surface area contributed by atoms with Crippen LogP contribution in [0.4, 0.5) is 13.2 Å². The lowest BCUT2D eigenvalue weighted by molar-refractivity contribution is -0.192. The predicted molar refractivity (Wildman–Crippen MR) is 48.6 cm³/mol. The summed E-state index contributed by atoms with van der Waals surface area (Å²) in [5.74, 6) is -2.76. The fraction of sp³-hybridized carbons (Fsp3) is 0.750. The fourth-order valence-electron chi connectivity index (χ4n) is 0.510. The lowest BCUT2D eigenvalue weighted by Crippen LogP contribution is -2.21. The van der Waals surface area contributed by atoms with Crippen molar-refractivity contribution in [1.82, 2.24) is 0 Å². The van der Waals surface area contributed by atoms with Gasteiger partial charge in [-0.1, -0.05) is 0 Å². The third kappa shape index (κ3) is 18.5. The predicted octanol–water partition coefficient (Wildman–Crippen LogP) is 1.14.